The number of hydrogen-bond acceptors (Lipinski definition) is 4. The number of nitrogens with two attached hydrogens (primary N) is 1. The van der Waals surface area contributed by atoms with Crippen molar-refractivity contribution in [2.45, 2.75) is 25.4 Å². The summed E-state index contributed by atoms with van der Waals surface area (Å²) in [6.45, 7) is 2.76. The molecule has 0 bridgehead atoms. The van der Waals surface area contributed by atoms with E-state index in [1.165, 1.54) is 6.20 Å². The van der Waals surface area contributed by atoms with E-state index < -0.39 is 5.60 Å². The zero-order valence-corrected chi connectivity index (χ0v) is 9.23. The number of hydrogen-bond donors (Lipinski definition) is 3. The van der Waals surface area contributed by atoms with Gasteiger partial charge in [0.25, 0.3) is 5.91 Å². The van der Waals surface area contributed by atoms with Gasteiger partial charge < -0.3 is 15.7 Å². The Morgan fingerprint density at radius 3 is 2.94 bits per heavy atom. The molecule has 2 heterocycles. The van der Waals surface area contributed by atoms with E-state index in [0.29, 0.717) is 24.5 Å². The predicted molar refractivity (Wildman–Crippen MR) is 58.8 cm³/mol. The van der Waals surface area contributed by atoms with Crippen molar-refractivity contribution in [1.82, 2.24) is 15.1 Å². The summed E-state index contributed by atoms with van der Waals surface area (Å²) in [5.41, 5.74) is 5.52. The van der Waals surface area contributed by atoms with Crippen LogP contribution in [-0.2, 0) is 0 Å². The van der Waals surface area contributed by atoms with E-state index in [-0.39, 0.29) is 5.91 Å². The Balaban J connectivity index is 1.98. The van der Waals surface area contributed by atoms with Gasteiger partial charge in [0.05, 0.1) is 30.6 Å². The summed E-state index contributed by atoms with van der Waals surface area (Å²) >= 11 is 0. The molecule has 1 aliphatic heterocycles. The highest BCUT2D eigenvalue weighted by molar-refractivity contribution is 5.97. The molecule has 6 nitrogen and oxygen atoms in total. The van der Waals surface area contributed by atoms with Gasteiger partial charge in [-0.15, -0.1) is 0 Å². The van der Waals surface area contributed by atoms with Crippen molar-refractivity contribution in [2.24, 2.45) is 0 Å². The molecule has 6 heteroatoms. The van der Waals surface area contributed by atoms with Crippen LogP contribution in [0.25, 0.3) is 0 Å². The first-order valence-electron chi connectivity index (χ1n) is 5.36. The maximum Gasteiger partial charge on any atom is 0.274 e. The highest BCUT2D eigenvalue weighted by atomic mass is 16.3. The number of nitrogen functional groups attached to an aromatic ring is 1. The summed E-state index contributed by atoms with van der Waals surface area (Å²) in [7, 11) is 0. The number of amides is 1. The summed E-state index contributed by atoms with van der Waals surface area (Å²) in [5, 5.41) is 16.2. The molecular formula is C10H16N4O2. The lowest BCUT2D eigenvalue weighted by Gasteiger charge is -2.46. The van der Waals surface area contributed by atoms with Crippen LogP contribution in [0.2, 0.25) is 0 Å². The van der Waals surface area contributed by atoms with Gasteiger partial charge in [0.2, 0.25) is 0 Å². The van der Waals surface area contributed by atoms with Gasteiger partial charge in [0.1, 0.15) is 5.69 Å². The van der Waals surface area contributed by atoms with Crippen molar-refractivity contribution in [2.75, 3.05) is 18.8 Å². The number of aromatic amines is 1. The molecule has 0 atom stereocenters. The number of rotatable bonds is 3. The largest absolute Gasteiger partial charge is 0.396 e. The first-order valence-corrected chi connectivity index (χ1v) is 5.36. The third-order valence-corrected chi connectivity index (χ3v) is 2.86. The average Bonchev–Trinajstić information content (AvgIpc) is 2.60. The number of aromatic nitrogens is 2. The summed E-state index contributed by atoms with van der Waals surface area (Å²) < 4.78 is 0. The van der Waals surface area contributed by atoms with E-state index in [0.717, 1.165) is 12.8 Å². The van der Waals surface area contributed by atoms with Crippen LogP contribution in [0, 0.1) is 0 Å². The van der Waals surface area contributed by atoms with Crippen molar-refractivity contribution in [1.29, 1.82) is 0 Å². The molecule has 0 spiro atoms. The highest BCUT2D eigenvalue weighted by Gasteiger charge is 2.43. The minimum Gasteiger partial charge on any atom is -0.396 e. The standard InChI is InChI=1S/C10H16N4O2/c1-2-3-10(16)5-14(6-10)9(15)8-7(11)4-12-13-8/h4,16H,2-3,5-6,11H2,1H3,(H,12,13). The summed E-state index contributed by atoms with van der Waals surface area (Å²) in [5.74, 6) is -0.198. The number of aliphatic hydroxyl groups is 1. The second-order valence-corrected chi connectivity index (χ2v) is 4.34. The minimum absolute atomic E-state index is 0.198. The van der Waals surface area contributed by atoms with Crippen LogP contribution in [0.15, 0.2) is 6.20 Å². The topological polar surface area (TPSA) is 95.2 Å². The minimum atomic E-state index is -0.709. The van der Waals surface area contributed by atoms with Gasteiger partial charge in [-0.05, 0) is 6.42 Å². The molecule has 1 aromatic heterocycles. The number of carbonyl (C=O) groups is 1. The van der Waals surface area contributed by atoms with E-state index in [4.69, 9.17) is 5.73 Å². The van der Waals surface area contributed by atoms with Crippen LogP contribution in [0.5, 0.6) is 0 Å². The fourth-order valence-corrected chi connectivity index (χ4v) is 2.06. The molecule has 0 unspecified atom stereocenters. The Labute approximate surface area is 93.4 Å². The lowest BCUT2D eigenvalue weighted by Crippen LogP contribution is -2.63. The number of β-amino-alcohol motifs (C(OH)–C–C–N with tert-alkyl or cyclic N) is 1. The van der Waals surface area contributed by atoms with Gasteiger partial charge in [-0.1, -0.05) is 13.3 Å². The molecule has 1 saturated heterocycles. The molecule has 88 valence electrons. The average molecular weight is 224 g/mol. The molecule has 16 heavy (non-hydrogen) atoms. The molecule has 1 fully saturated rings. The van der Waals surface area contributed by atoms with Crippen LogP contribution >= 0.6 is 0 Å². The lowest BCUT2D eigenvalue weighted by atomic mass is 9.89. The number of nitrogens with one attached hydrogen (secondary N) is 1. The number of carbonyl (C=O) groups excluding carboxylic acids is 1. The van der Waals surface area contributed by atoms with E-state index in [1.54, 1.807) is 4.90 Å². The molecular weight excluding hydrogens is 208 g/mol. The van der Waals surface area contributed by atoms with Crippen molar-refractivity contribution < 1.29 is 9.90 Å². The van der Waals surface area contributed by atoms with Crippen LogP contribution < -0.4 is 5.73 Å². The maximum absolute atomic E-state index is 11.9. The Morgan fingerprint density at radius 1 is 1.75 bits per heavy atom. The van der Waals surface area contributed by atoms with Gasteiger partial charge >= 0.3 is 0 Å². The maximum atomic E-state index is 11.9. The Morgan fingerprint density at radius 2 is 2.44 bits per heavy atom. The van der Waals surface area contributed by atoms with Gasteiger partial charge in [0, 0.05) is 0 Å². The van der Waals surface area contributed by atoms with E-state index in [9.17, 15) is 9.90 Å². The van der Waals surface area contributed by atoms with E-state index >= 15 is 0 Å². The summed E-state index contributed by atoms with van der Waals surface area (Å²) in [4.78, 5) is 13.4. The fourth-order valence-electron chi connectivity index (χ4n) is 2.06. The molecule has 0 saturated carbocycles. The van der Waals surface area contributed by atoms with E-state index in [2.05, 4.69) is 10.2 Å². The molecule has 1 amide bonds. The van der Waals surface area contributed by atoms with Gasteiger partial charge in [-0.3, -0.25) is 9.89 Å². The Kier molecular flexibility index (Phi) is 2.59. The van der Waals surface area contributed by atoms with Gasteiger partial charge in [-0.2, -0.15) is 5.10 Å². The zero-order chi connectivity index (χ0) is 11.8. The second-order valence-electron chi connectivity index (χ2n) is 4.34. The van der Waals surface area contributed by atoms with Crippen molar-refractivity contribution in [3.63, 3.8) is 0 Å². The number of likely N-dealkylation sites (tertiary alicyclic amines) is 1. The quantitative estimate of drug-likeness (QED) is 0.672. The fraction of sp³-hybridized carbons (Fsp3) is 0.600. The number of H-pyrrole nitrogens is 1. The first kappa shape index (κ1) is 10.9. The Bertz CT molecular complexity index is 395. The summed E-state index contributed by atoms with van der Waals surface area (Å²) in [6, 6.07) is 0. The first-order chi connectivity index (χ1) is 7.56. The Hall–Kier alpha value is -1.56. The monoisotopic (exact) mass is 224 g/mol. The molecule has 0 radical (unpaired) electrons. The molecule has 1 aromatic rings. The number of nitrogens with zero attached hydrogens (tertiary/aromatic N) is 2. The van der Waals surface area contributed by atoms with Crippen molar-refractivity contribution in [3.05, 3.63) is 11.9 Å². The van der Waals surface area contributed by atoms with Crippen molar-refractivity contribution in [3.8, 4) is 0 Å². The number of anilines is 1. The molecule has 0 aromatic carbocycles. The molecule has 1 aliphatic rings. The third kappa shape index (κ3) is 1.76. The SMILES string of the molecule is CCCC1(O)CN(C(=O)c2[nH]ncc2N)C1. The van der Waals surface area contributed by atoms with Gasteiger partial charge in [0.15, 0.2) is 0 Å². The van der Waals surface area contributed by atoms with Crippen LogP contribution in [0.4, 0.5) is 5.69 Å². The molecule has 4 N–H and O–H groups in total. The normalized spacial score (nSPS) is 18.2. The highest BCUT2D eigenvalue weighted by Crippen LogP contribution is 2.27. The summed E-state index contributed by atoms with van der Waals surface area (Å²) in [6.07, 6.45) is 3.03. The third-order valence-electron chi connectivity index (χ3n) is 2.86. The van der Waals surface area contributed by atoms with Crippen LogP contribution in [-0.4, -0.2) is 44.8 Å². The molecule has 2 rings (SSSR count). The smallest absolute Gasteiger partial charge is 0.274 e. The predicted octanol–water partition coefficient (Wildman–Crippen LogP) is -0.0211. The van der Waals surface area contributed by atoms with Crippen LogP contribution in [0.1, 0.15) is 30.3 Å². The van der Waals surface area contributed by atoms with Gasteiger partial charge in [-0.25, -0.2) is 0 Å². The lowest BCUT2D eigenvalue weighted by molar-refractivity contribution is -0.0861. The van der Waals surface area contributed by atoms with Crippen molar-refractivity contribution >= 4 is 11.6 Å². The molecule has 0 aliphatic carbocycles. The van der Waals surface area contributed by atoms with Crippen LogP contribution in [0.3, 0.4) is 0 Å². The van der Waals surface area contributed by atoms with E-state index in [1.807, 2.05) is 6.92 Å². The zero-order valence-electron chi connectivity index (χ0n) is 9.23. The second kappa shape index (κ2) is 3.79.